The van der Waals surface area contributed by atoms with Gasteiger partial charge < -0.3 is 0 Å². The first-order chi connectivity index (χ1) is 6.90. The van der Waals surface area contributed by atoms with Crippen molar-refractivity contribution in [2.45, 2.75) is 31.6 Å². The fourth-order valence-electron chi connectivity index (χ4n) is 2.14. The van der Waals surface area contributed by atoms with Gasteiger partial charge in [-0.1, -0.05) is 0 Å². The molecule has 0 aromatic carbocycles. The molecule has 0 amide bonds. The molecule has 0 N–H and O–H groups in total. The van der Waals surface area contributed by atoms with Crippen molar-refractivity contribution in [1.82, 2.24) is 9.38 Å². The Morgan fingerprint density at radius 1 is 1.43 bits per heavy atom. The predicted octanol–water partition coefficient (Wildman–Crippen LogP) is 3.01. The summed E-state index contributed by atoms with van der Waals surface area (Å²) in [6, 6.07) is 0. The van der Waals surface area contributed by atoms with Crippen LogP contribution in [0.25, 0.3) is 4.96 Å². The Morgan fingerprint density at radius 2 is 2.29 bits per heavy atom. The molecular weight excluding hydrogens is 216 g/mol. The highest BCUT2D eigenvalue weighted by atomic mass is 35.5. The Labute approximate surface area is 91.5 Å². The quantitative estimate of drug-likeness (QED) is 0.684. The van der Waals surface area contributed by atoms with Crippen molar-refractivity contribution < 1.29 is 0 Å². The summed E-state index contributed by atoms with van der Waals surface area (Å²) in [7, 11) is 0. The van der Waals surface area contributed by atoms with Gasteiger partial charge in [0.25, 0.3) is 0 Å². The van der Waals surface area contributed by atoms with E-state index in [-0.39, 0.29) is 0 Å². The minimum atomic E-state index is 0.560. The maximum atomic E-state index is 5.89. The van der Waals surface area contributed by atoms with Gasteiger partial charge in [0.05, 0.1) is 17.8 Å². The lowest BCUT2D eigenvalue weighted by atomic mass is 10.0. The number of thiazole rings is 1. The monoisotopic (exact) mass is 226 g/mol. The maximum Gasteiger partial charge on any atom is 0.194 e. The Balaban J connectivity index is 2.29. The number of halogens is 1. The summed E-state index contributed by atoms with van der Waals surface area (Å²) in [6.07, 6.45) is 6.94. The average molecular weight is 227 g/mol. The highest BCUT2D eigenvalue weighted by Gasteiger charge is 2.18. The first-order valence-electron chi connectivity index (χ1n) is 4.93. The van der Waals surface area contributed by atoms with E-state index in [9.17, 15) is 0 Å². The number of aromatic nitrogens is 2. The van der Waals surface area contributed by atoms with Crippen LogP contribution in [0.5, 0.6) is 0 Å². The van der Waals surface area contributed by atoms with Crippen LogP contribution in [0.15, 0.2) is 6.20 Å². The van der Waals surface area contributed by atoms with E-state index in [2.05, 4.69) is 9.38 Å². The molecule has 0 saturated carbocycles. The summed E-state index contributed by atoms with van der Waals surface area (Å²) < 4.78 is 2.26. The minimum absolute atomic E-state index is 0.560. The van der Waals surface area contributed by atoms with Crippen LogP contribution in [0.3, 0.4) is 0 Å². The van der Waals surface area contributed by atoms with Gasteiger partial charge in [0.1, 0.15) is 0 Å². The van der Waals surface area contributed by atoms with Crippen molar-refractivity contribution in [1.29, 1.82) is 0 Å². The van der Waals surface area contributed by atoms with Crippen LogP contribution in [-0.4, -0.2) is 9.38 Å². The normalized spacial score (nSPS) is 16.1. The molecule has 0 aliphatic heterocycles. The van der Waals surface area contributed by atoms with Crippen molar-refractivity contribution in [3.05, 3.63) is 22.5 Å². The molecule has 4 heteroatoms. The second kappa shape index (κ2) is 3.24. The lowest BCUT2D eigenvalue weighted by molar-refractivity contribution is 0.672. The fraction of sp³-hybridized carbons (Fsp3) is 0.500. The van der Waals surface area contributed by atoms with E-state index in [0.717, 1.165) is 10.7 Å². The van der Waals surface area contributed by atoms with Gasteiger partial charge in [0.2, 0.25) is 0 Å². The van der Waals surface area contributed by atoms with E-state index in [0.29, 0.717) is 5.88 Å². The molecule has 0 atom stereocenters. The van der Waals surface area contributed by atoms with Crippen LogP contribution in [0, 0.1) is 0 Å². The van der Waals surface area contributed by atoms with Crippen LogP contribution >= 0.6 is 22.9 Å². The molecule has 2 nitrogen and oxygen atoms in total. The lowest BCUT2D eigenvalue weighted by Crippen LogP contribution is -2.03. The molecule has 0 spiro atoms. The van der Waals surface area contributed by atoms with E-state index in [1.165, 1.54) is 36.3 Å². The van der Waals surface area contributed by atoms with Gasteiger partial charge in [-0.3, -0.25) is 4.40 Å². The number of nitrogens with zero attached hydrogens (tertiary/aromatic N) is 2. The van der Waals surface area contributed by atoms with Gasteiger partial charge in [0.15, 0.2) is 4.96 Å². The Hall–Kier alpha value is -0.540. The largest absolute Gasteiger partial charge is 0.290 e. The van der Waals surface area contributed by atoms with Crippen molar-refractivity contribution in [2.75, 3.05) is 0 Å². The number of imidazole rings is 1. The van der Waals surface area contributed by atoms with Gasteiger partial charge >= 0.3 is 0 Å². The number of aryl methyl sites for hydroxylation is 2. The molecule has 0 bridgehead atoms. The fourth-order valence-corrected chi connectivity index (χ4v) is 3.53. The van der Waals surface area contributed by atoms with Crippen LogP contribution in [0.1, 0.15) is 29.1 Å². The number of fused-ring (bicyclic) bond motifs is 3. The first kappa shape index (κ1) is 8.74. The molecule has 0 unspecified atom stereocenters. The SMILES string of the molecule is ClCc1cnc2sc3c(n12)CCCC3. The molecule has 3 rings (SSSR count). The van der Waals surface area contributed by atoms with Crippen molar-refractivity contribution >= 4 is 27.9 Å². The molecular formula is C10H11ClN2S. The van der Waals surface area contributed by atoms with Crippen LogP contribution < -0.4 is 0 Å². The zero-order valence-corrected chi connectivity index (χ0v) is 9.37. The summed E-state index contributed by atoms with van der Waals surface area (Å²) in [5.41, 5.74) is 2.60. The molecule has 2 aromatic heterocycles. The summed E-state index contributed by atoms with van der Waals surface area (Å²) in [5, 5.41) is 0. The van der Waals surface area contributed by atoms with Crippen molar-refractivity contribution in [3.63, 3.8) is 0 Å². The standard InChI is InChI=1S/C10H11ClN2S/c11-5-7-6-12-10-13(7)8-3-1-2-4-9(8)14-10/h6H,1-5H2. The Bertz CT molecular complexity index is 472. The van der Waals surface area contributed by atoms with E-state index in [1.54, 1.807) is 0 Å². The number of alkyl halides is 1. The van der Waals surface area contributed by atoms with Gasteiger partial charge in [-0.15, -0.1) is 22.9 Å². The molecule has 1 aliphatic carbocycles. The molecule has 74 valence electrons. The second-order valence-electron chi connectivity index (χ2n) is 3.68. The van der Waals surface area contributed by atoms with E-state index in [1.807, 2.05) is 17.5 Å². The molecule has 0 fully saturated rings. The highest BCUT2D eigenvalue weighted by Crippen LogP contribution is 2.30. The number of hydrogen-bond donors (Lipinski definition) is 0. The highest BCUT2D eigenvalue weighted by molar-refractivity contribution is 7.17. The predicted molar refractivity (Wildman–Crippen MR) is 59.3 cm³/mol. The van der Waals surface area contributed by atoms with E-state index in [4.69, 9.17) is 11.6 Å². The lowest BCUT2D eigenvalue weighted by Gasteiger charge is -2.10. The summed E-state index contributed by atoms with van der Waals surface area (Å²) in [6.45, 7) is 0. The summed E-state index contributed by atoms with van der Waals surface area (Å²) in [5.74, 6) is 0.560. The zero-order valence-electron chi connectivity index (χ0n) is 7.79. The zero-order chi connectivity index (χ0) is 9.54. The third kappa shape index (κ3) is 1.12. The van der Waals surface area contributed by atoms with Gasteiger partial charge in [0, 0.05) is 10.6 Å². The van der Waals surface area contributed by atoms with Crippen molar-refractivity contribution in [3.8, 4) is 0 Å². The number of hydrogen-bond acceptors (Lipinski definition) is 2. The smallest absolute Gasteiger partial charge is 0.194 e. The molecule has 1 aliphatic rings. The van der Waals surface area contributed by atoms with Crippen LogP contribution in [-0.2, 0) is 18.7 Å². The van der Waals surface area contributed by atoms with Gasteiger partial charge in [-0.25, -0.2) is 4.98 Å². The topological polar surface area (TPSA) is 17.3 Å². The number of rotatable bonds is 1. The molecule has 2 aromatic rings. The summed E-state index contributed by atoms with van der Waals surface area (Å²) >= 11 is 7.72. The van der Waals surface area contributed by atoms with Crippen LogP contribution in [0.2, 0.25) is 0 Å². The minimum Gasteiger partial charge on any atom is -0.290 e. The third-order valence-electron chi connectivity index (χ3n) is 2.81. The first-order valence-corrected chi connectivity index (χ1v) is 6.28. The molecule has 0 radical (unpaired) electrons. The van der Waals surface area contributed by atoms with Gasteiger partial charge in [-0.2, -0.15) is 0 Å². The maximum absolute atomic E-state index is 5.89. The third-order valence-corrected chi connectivity index (χ3v) is 4.24. The summed E-state index contributed by atoms with van der Waals surface area (Å²) in [4.78, 5) is 7.03. The Kier molecular flexibility index (Phi) is 2.03. The molecule has 0 saturated heterocycles. The molecule has 14 heavy (non-hydrogen) atoms. The van der Waals surface area contributed by atoms with Crippen LogP contribution in [0.4, 0.5) is 0 Å². The van der Waals surface area contributed by atoms with Gasteiger partial charge in [-0.05, 0) is 25.7 Å². The van der Waals surface area contributed by atoms with Crippen molar-refractivity contribution in [2.24, 2.45) is 0 Å². The molecule has 2 heterocycles. The Morgan fingerprint density at radius 3 is 3.14 bits per heavy atom. The van der Waals surface area contributed by atoms with E-state index >= 15 is 0 Å². The average Bonchev–Trinajstić information content (AvgIpc) is 2.75. The second-order valence-corrected chi connectivity index (χ2v) is 5.01. The van der Waals surface area contributed by atoms with E-state index < -0.39 is 0 Å².